The summed E-state index contributed by atoms with van der Waals surface area (Å²) in [5, 5.41) is 14.5. The average Bonchev–Trinajstić information content (AvgIpc) is 3.05. The van der Waals surface area contributed by atoms with Gasteiger partial charge in [-0.05, 0) is 39.5 Å². The highest BCUT2D eigenvalue weighted by Crippen LogP contribution is 2.35. The molecule has 1 unspecified atom stereocenters. The highest BCUT2D eigenvalue weighted by Gasteiger charge is 2.38. The first-order chi connectivity index (χ1) is 8.82. The van der Waals surface area contributed by atoms with Crippen molar-refractivity contribution in [3.05, 3.63) is 22.5 Å². The van der Waals surface area contributed by atoms with E-state index < -0.39 is 16.4 Å². The molecule has 1 fully saturated rings. The van der Waals surface area contributed by atoms with Crippen LogP contribution in [0.2, 0.25) is 0 Å². The van der Waals surface area contributed by atoms with Gasteiger partial charge in [-0.3, -0.25) is 10.1 Å². The van der Waals surface area contributed by atoms with Crippen LogP contribution in [0.3, 0.4) is 0 Å². The minimum Gasteiger partial charge on any atom is -0.461 e. The van der Waals surface area contributed by atoms with Gasteiger partial charge >= 0.3 is 11.7 Å². The number of hydrogen-bond donors (Lipinski definition) is 0. The average molecular weight is 267 g/mol. The molecule has 7 heteroatoms. The molecule has 0 amide bonds. The summed E-state index contributed by atoms with van der Waals surface area (Å²) in [7, 11) is 0. The number of aromatic nitrogens is 2. The number of hydrogen-bond acceptors (Lipinski definition) is 5. The standard InChI is InChI=1S/C12H17N3O4/c1-8(9-4-5-9)19-11(16)12(2,3)14-7-10(6-13-14)15(17)18/h6-9H,4-5H2,1-3H3. The van der Waals surface area contributed by atoms with Crippen molar-refractivity contribution in [2.45, 2.75) is 45.3 Å². The Morgan fingerprint density at radius 1 is 1.63 bits per heavy atom. The summed E-state index contributed by atoms with van der Waals surface area (Å²) < 4.78 is 6.66. The molecule has 0 aromatic carbocycles. The molecule has 7 nitrogen and oxygen atoms in total. The largest absolute Gasteiger partial charge is 0.461 e. The molecule has 0 saturated heterocycles. The third kappa shape index (κ3) is 2.74. The molecule has 1 aromatic heterocycles. The molecule has 0 bridgehead atoms. The van der Waals surface area contributed by atoms with Crippen molar-refractivity contribution in [2.75, 3.05) is 0 Å². The van der Waals surface area contributed by atoms with Gasteiger partial charge in [0.15, 0.2) is 5.54 Å². The number of ether oxygens (including phenoxy) is 1. The lowest BCUT2D eigenvalue weighted by atomic mass is 10.1. The molecule has 1 saturated carbocycles. The van der Waals surface area contributed by atoms with Crippen LogP contribution < -0.4 is 0 Å². The van der Waals surface area contributed by atoms with Gasteiger partial charge in [0.1, 0.15) is 18.5 Å². The van der Waals surface area contributed by atoms with E-state index in [1.807, 2.05) is 6.92 Å². The van der Waals surface area contributed by atoms with Crippen molar-refractivity contribution in [2.24, 2.45) is 5.92 Å². The predicted molar refractivity (Wildman–Crippen MR) is 66.5 cm³/mol. The summed E-state index contributed by atoms with van der Waals surface area (Å²) in [6.07, 6.45) is 4.42. The van der Waals surface area contributed by atoms with Crippen LogP contribution >= 0.6 is 0 Å². The van der Waals surface area contributed by atoms with Crippen LogP contribution in [0.5, 0.6) is 0 Å². The highest BCUT2D eigenvalue weighted by atomic mass is 16.6. The second-order valence-electron chi connectivity index (χ2n) is 5.41. The van der Waals surface area contributed by atoms with Crippen LogP contribution in [-0.4, -0.2) is 26.8 Å². The maximum absolute atomic E-state index is 12.1. The Bertz CT molecular complexity index is 505. The molecule has 104 valence electrons. The lowest BCUT2D eigenvalue weighted by molar-refractivity contribution is -0.385. The van der Waals surface area contributed by atoms with Crippen molar-refractivity contribution in [3.8, 4) is 0 Å². The fourth-order valence-electron chi connectivity index (χ4n) is 1.78. The Labute approximate surface area is 110 Å². The summed E-state index contributed by atoms with van der Waals surface area (Å²) in [5.41, 5.74) is -1.20. The number of nitrogens with zero attached hydrogens (tertiary/aromatic N) is 3. The van der Waals surface area contributed by atoms with Gasteiger partial charge in [-0.1, -0.05) is 0 Å². The van der Waals surface area contributed by atoms with Crippen LogP contribution in [0.15, 0.2) is 12.4 Å². The third-order valence-electron chi connectivity index (χ3n) is 3.43. The monoisotopic (exact) mass is 267 g/mol. The van der Waals surface area contributed by atoms with Crippen LogP contribution in [0.1, 0.15) is 33.6 Å². The molecular weight excluding hydrogens is 250 g/mol. The Kier molecular flexibility index (Phi) is 3.30. The molecule has 1 aliphatic rings. The topological polar surface area (TPSA) is 87.3 Å². The van der Waals surface area contributed by atoms with E-state index in [0.717, 1.165) is 19.0 Å². The van der Waals surface area contributed by atoms with E-state index >= 15 is 0 Å². The van der Waals surface area contributed by atoms with E-state index in [0.29, 0.717) is 5.92 Å². The zero-order valence-electron chi connectivity index (χ0n) is 11.2. The normalized spacial score (nSPS) is 17.0. The van der Waals surface area contributed by atoms with Crippen molar-refractivity contribution < 1.29 is 14.5 Å². The molecule has 1 aliphatic carbocycles. The molecule has 0 radical (unpaired) electrons. The Morgan fingerprint density at radius 2 is 2.26 bits per heavy atom. The number of nitro groups is 1. The summed E-state index contributed by atoms with van der Waals surface area (Å²) in [4.78, 5) is 22.2. The Hall–Kier alpha value is -1.92. The smallest absolute Gasteiger partial charge is 0.333 e. The van der Waals surface area contributed by atoms with E-state index in [2.05, 4.69) is 5.10 Å². The van der Waals surface area contributed by atoms with E-state index in [-0.39, 0.29) is 11.8 Å². The van der Waals surface area contributed by atoms with E-state index in [4.69, 9.17) is 4.74 Å². The number of carbonyl (C=O) groups excluding carboxylic acids is 1. The fraction of sp³-hybridized carbons (Fsp3) is 0.667. The summed E-state index contributed by atoms with van der Waals surface area (Å²) in [5.74, 6) is 0.0246. The van der Waals surface area contributed by atoms with E-state index in [1.165, 1.54) is 10.9 Å². The lowest BCUT2D eigenvalue weighted by Crippen LogP contribution is -2.39. The van der Waals surface area contributed by atoms with E-state index in [1.54, 1.807) is 13.8 Å². The van der Waals surface area contributed by atoms with Crippen LogP contribution in [0, 0.1) is 16.0 Å². The van der Waals surface area contributed by atoms with Gasteiger partial charge in [-0.2, -0.15) is 5.10 Å². The van der Waals surface area contributed by atoms with Gasteiger partial charge in [-0.15, -0.1) is 0 Å². The van der Waals surface area contributed by atoms with Gasteiger partial charge in [-0.25, -0.2) is 9.48 Å². The van der Waals surface area contributed by atoms with Crippen molar-refractivity contribution in [1.82, 2.24) is 9.78 Å². The van der Waals surface area contributed by atoms with Crippen LogP contribution in [0.4, 0.5) is 5.69 Å². The molecule has 0 spiro atoms. The van der Waals surface area contributed by atoms with Gasteiger partial charge in [0, 0.05) is 0 Å². The first kappa shape index (κ1) is 13.5. The van der Waals surface area contributed by atoms with Gasteiger partial charge in [0.2, 0.25) is 0 Å². The summed E-state index contributed by atoms with van der Waals surface area (Å²) in [6, 6.07) is 0. The molecule has 0 N–H and O–H groups in total. The number of carbonyl (C=O) groups is 1. The van der Waals surface area contributed by atoms with Gasteiger partial charge in [0.25, 0.3) is 0 Å². The molecule has 19 heavy (non-hydrogen) atoms. The summed E-state index contributed by atoms with van der Waals surface area (Å²) >= 11 is 0. The van der Waals surface area contributed by atoms with Crippen molar-refractivity contribution in [3.63, 3.8) is 0 Å². The minimum absolute atomic E-state index is 0.114. The number of rotatable bonds is 5. The highest BCUT2D eigenvalue weighted by molar-refractivity contribution is 5.78. The van der Waals surface area contributed by atoms with Crippen molar-refractivity contribution in [1.29, 1.82) is 0 Å². The molecule has 1 atom stereocenters. The second-order valence-corrected chi connectivity index (χ2v) is 5.41. The van der Waals surface area contributed by atoms with Crippen molar-refractivity contribution >= 4 is 11.7 Å². The van der Waals surface area contributed by atoms with Crippen LogP contribution in [-0.2, 0) is 15.1 Å². The van der Waals surface area contributed by atoms with Crippen LogP contribution in [0.25, 0.3) is 0 Å². The second kappa shape index (κ2) is 4.64. The third-order valence-corrected chi connectivity index (χ3v) is 3.43. The zero-order valence-corrected chi connectivity index (χ0v) is 11.2. The zero-order chi connectivity index (χ0) is 14.2. The quantitative estimate of drug-likeness (QED) is 0.461. The predicted octanol–water partition coefficient (Wildman–Crippen LogP) is 1.87. The number of esters is 1. The van der Waals surface area contributed by atoms with Gasteiger partial charge < -0.3 is 4.74 Å². The maximum atomic E-state index is 12.1. The molecular formula is C12H17N3O4. The van der Waals surface area contributed by atoms with E-state index in [9.17, 15) is 14.9 Å². The lowest BCUT2D eigenvalue weighted by Gasteiger charge is -2.25. The minimum atomic E-state index is -1.06. The maximum Gasteiger partial charge on any atom is 0.333 e. The summed E-state index contributed by atoms with van der Waals surface area (Å²) in [6.45, 7) is 5.13. The SMILES string of the molecule is CC(OC(=O)C(C)(C)n1cc([N+](=O)[O-])cn1)C1CC1. The molecule has 1 aromatic rings. The Morgan fingerprint density at radius 3 is 2.74 bits per heavy atom. The molecule has 0 aliphatic heterocycles. The fourth-order valence-corrected chi connectivity index (χ4v) is 1.78. The Balaban J connectivity index is 2.10. The molecule has 2 rings (SSSR count). The van der Waals surface area contributed by atoms with Gasteiger partial charge in [0.05, 0.1) is 4.92 Å². The first-order valence-corrected chi connectivity index (χ1v) is 6.23. The first-order valence-electron chi connectivity index (χ1n) is 6.23. The molecule has 1 heterocycles.